The van der Waals surface area contributed by atoms with Crippen molar-refractivity contribution in [2.24, 2.45) is 0 Å². The number of nitrogens with one attached hydrogen (secondary N) is 1. The normalized spacial score (nSPS) is 9.90. The van der Waals surface area contributed by atoms with E-state index in [4.69, 9.17) is 10.00 Å². The Morgan fingerprint density at radius 1 is 1.35 bits per heavy atom. The van der Waals surface area contributed by atoms with Crippen LogP contribution >= 0.6 is 0 Å². The van der Waals surface area contributed by atoms with Crippen LogP contribution in [0.2, 0.25) is 0 Å². The van der Waals surface area contributed by atoms with Crippen LogP contribution in [0.25, 0.3) is 0 Å². The molecule has 1 aromatic carbocycles. The van der Waals surface area contributed by atoms with Gasteiger partial charge in [0.1, 0.15) is 11.6 Å². The highest BCUT2D eigenvalue weighted by Gasteiger charge is 2.09. The highest BCUT2D eigenvalue weighted by molar-refractivity contribution is 5.41. The second-order valence-electron chi connectivity index (χ2n) is 4.03. The highest BCUT2D eigenvalue weighted by Crippen LogP contribution is 2.25. The molecule has 0 spiro atoms. The molecular formula is C14H13FN4O. The van der Waals surface area contributed by atoms with Gasteiger partial charge in [0.2, 0.25) is 5.88 Å². The lowest BCUT2D eigenvalue weighted by molar-refractivity contribution is 0.425. The van der Waals surface area contributed by atoms with Gasteiger partial charge >= 0.3 is 0 Å². The van der Waals surface area contributed by atoms with E-state index in [1.807, 2.05) is 13.0 Å². The summed E-state index contributed by atoms with van der Waals surface area (Å²) in [5.74, 6) is 0.795. The molecule has 0 unspecified atom stereocenters. The van der Waals surface area contributed by atoms with E-state index in [2.05, 4.69) is 15.3 Å². The molecule has 0 saturated heterocycles. The maximum absolute atomic E-state index is 13.7. The number of anilines is 1. The number of aromatic nitrogens is 2. The van der Waals surface area contributed by atoms with Crippen LogP contribution in [0.3, 0.4) is 0 Å². The van der Waals surface area contributed by atoms with Gasteiger partial charge in [-0.2, -0.15) is 10.2 Å². The van der Waals surface area contributed by atoms with Gasteiger partial charge in [-0.15, -0.1) is 0 Å². The van der Waals surface area contributed by atoms with Gasteiger partial charge in [0.05, 0.1) is 11.6 Å². The number of aryl methyl sites for hydroxylation is 1. The zero-order chi connectivity index (χ0) is 14.5. The molecule has 0 aliphatic rings. The molecule has 0 saturated carbocycles. The molecule has 0 atom stereocenters. The molecule has 2 rings (SSSR count). The smallest absolute Gasteiger partial charge is 0.224 e. The van der Waals surface area contributed by atoms with E-state index in [9.17, 15) is 4.39 Å². The Hall–Kier alpha value is -2.68. The van der Waals surface area contributed by atoms with E-state index in [-0.39, 0.29) is 17.2 Å². The molecule has 1 aromatic heterocycles. The van der Waals surface area contributed by atoms with Crippen LogP contribution in [0.1, 0.15) is 18.3 Å². The highest BCUT2D eigenvalue weighted by atomic mass is 19.1. The third-order valence-electron chi connectivity index (χ3n) is 2.45. The molecule has 0 aliphatic heterocycles. The molecule has 0 amide bonds. The standard InChI is InChI=1S/C14H13FN4O/c1-3-17-13-7-14(19-9(2)18-13)20-12-5-4-10(8-16)6-11(12)15/h4-7H,3H2,1-2H3,(H,17,18,19). The number of nitrogens with zero attached hydrogens (tertiary/aromatic N) is 3. The number of rotatable bonds is 4. The molecule has 0 fully saturated rings. The first kappa shape index (κ1) is 13.7. The van der Waals surface area contributed by atoms with Gasteiger partial charge in [-0.3, -0.25) is 0 Å². The van der Waals surface area contributed by atoms with Gasteiger partial charge in [-0.05, 0) is 32.0 Å². The Bertz CT molecular complexity index is 667. The summed E-state index contributed by atoms with van der Waals surface area (Å²) in [5, 5.41) is 11.7. The Morgan fingerprint density at radius 2 is 2.15 bits per heavy atom. The molecular weight excluding hydrogens is 259 g/mol. The average molecular weight is 272 g/mol. The molecule has 0 aliphatic carbocycles. The number of benzene rings is 1. The fourth-order valence-electron chi connectivity index (χ4n) is 1.63. The van der Waals surface area contributed by atoms with E-state index in [0.717, 1.165) is 6.07 Å². The largest absolute Gasteiger partial charge is 0.436 e. The average Bonchev–Trinajstić information content (AvgIpc) is 2.41. The van der Waals surface area contributed by atoms with Gasteiger partial charge in [0.15, 0.2) is 11.6 Å². The van der Waals surface area contributed by atoms with Crippen molar-refractivity contribution in [3.63, 3.8) is 0 Å². The lowest BCUT2D eigenvalue weighted by atomic mass is 10.2. The topological polar surface area (TPSA) is 70.8 Å². The second kappa shape index (κ2) is 5.97. The predicted molar refractivity (Wildman–Crippen MR) is 72.1 cm³/mol. The first-order chi connectivity index (χ1) is 9.62. The maximum atomic E-state index is 13.7. The van der Waals surface area contributed by atoms with E-state index in [1.54, 1.807) is 13.0 Å². The molecule has 5 nitrogen and oxygen atoms in total. The first-order valence-electron chi connectivity index (χ1n) is 6.09. The molecule has 1 N–H and O–H groups in total. The minimum atomic E-state index is -0.606. The van der Waals surface area contributed by atoms with Gasteiger partial charge in [0, 0.05) is 12.6 Å². The van der Waals surface area contributed by atoms with Crippen LogP contribution in [0, 0.1) is 24.1 Å². The van der Waals surface area contributed by atoms with Crippen LogP contribution in [-0.2, 0) is 0 Å². The van der Waals surface area contributed by atoms with Crippen LogP contribution in [0.5, 0.6) is 11.6 Å². The SMILES string of the molecule is CCNc1cc(Oc2ccc(C#N)cc2F)nc(C)n1. The van der Waals surface area contributed by atoms with Crippen molar-refractivity contribution in [2.45, 2.75) is 13.8 Å². The van der Waals surface area contributed by atoms with Crippen molar-refractivity contribution < 1.29 is 9.13 Å². The number of ether oxygens (including phenoxy) is 1. The Morgan fingerprint density at radius 3 is 2.80 bits per heavy atom. The zero-order valence-electron chi connectivity index (χ0n) is 11.1. The lowest BCUT2D eigenvalue weighted by Gasteiger charge is -2.09. The summed E-state index contributed by atoms with van der Waals surface area (Å²) in [6, 6.07) is 7.46. The van der Waals surface area contributed by atoms with E-state index in [0.29, 0.717) is 18.2 Å². The van der Waals surface area contributed by atoms with E-state index in [1.165, 1.54) is 12.1 Å². The molecule has 20 heavy (non-hydrogen) atoms. The summed E-state index contributed by atoms with van der Waals surface area (Å²) < 4.78 is 19.1. The van der Waals surface area contributed by atoms with Crippen LogP contribution in [0.4, 0.5) is 10.2 Å². The zero-order valence-corrected chi connectivity index (χ0v) is 11.1. The fourth-order valence-corrected chi connectivity index (χ4v) is 1.63. The maximum Gasteiger partial charge on any atom is 0.224 e. The summed E-state index contributed by atoms with van der Waals surface area (Å²) in [6.07, 6.45) is 0. The van der Waals surface area contributed by atoms with Crippen LogP contribution in [0.15, 0.2) is 24.3 Å². The van der Waals surface area contributed by atoms with Gasteiger partial charge in [-0.25, -0.2) is 9.37 Å². The molecule has 0 radical (unpaired) electrons. The number of nitriles is 1. The molecule has 2 aromatic rings. The summed E-state index contributed by atoms with van der Waals surface area (Å²) in [6.45, 7) is 4.38. The van der Waals surface area contributed by atoms with Gasteiger partial charge < -0.3 is 10.1 Å². The molecule has 102 valence electrons. The number of hydrogen-bond donors (Lipinski definition) is 1. The quantitative estimate of drug-likeness (QED) is 0.926. The Balaban J connectivity index is 2.28. The Kier molecular flexibility index (Phi) is 4.11. The summed E-state index contributed by atoms with van der Waals surface area (Å²) in [5.41, 5.74) is 0.238. The predicted octanol–water partition coefficient (Wildman–Crippen LogP) is 3.02. The van der Waals surface area contributed by atoms with Crippen molar-refractivity contribution in [1.82, 2.24) is 9.97 Å². The van der Waals surface area contributed by atoms with E-state index < -0.39 is 5.82 Å². The van der Waals surface area contributed by atoms with Crippen molar-refractivity contribution in [3.8, 4) is 17.7 Å². The molecule has 6 heteroatoms. The van der Waals surface area contributed by atoms with Crippen LogP contribution < -0.4 is 10.1 Å². The van der Waals surface area contributed by atoms with Gasteiger partial charge in [-0.1, -0.05) is 0 Å². The third-order valence-corrected chi connectivity index (χ3v) is 2.45. The number of hydrogen-bond acceptors (Lipinski definition) is 5. The summed E-state index contributed by atoms with van der Waals surface area (Å²) in [7, 11) is 0. The van der Waals surface area contributed by atoms with Gasteiger partial charge in [0.25, 0.3) is 0 Å². The Labute approximate surface area is 116 Å². The first-order valence-corrected chi connectivity index (χ1v) is 6.09. The van der Waals surface area contributed by atoms with Crippen molar-refractivity contribution >= 4 is 5.82 Å². The fraction of sp³-hybridized carbons (Fsp3) is 0.214. The third kappa shape index (κ3) is 3.20. The monoisotopic (exact) mass is 272 g/mol. The van der Waals surface area contributed by atoms with E-state index >= 15 is 0 Å². The van der Waals surface area contributed by atoms with Crippen molar-refractivity contribution in [1.29, 1.82) is 5.26 Å². The van der Waals surface area contributed by atoms with Crippen molar-refractivity contribution in [2.75, 3.05) is 11.9 Å². The second-order valence-corrected chi connectivity index (χ2v) is 4.03. The van der Waals surface area contributed by atoms with Crippen LogP contribution in [-0.4, -0.2) is 16.5 Å². The summed E-state index contributed by atoms with van der Waals surface area (Å²) in [4.78, 5) is 8.27. The minimum Gasteiger partial charge on any atom is -0.436 e. The molecule has 1 heterocycles. The summed E-state index contributed by atoms with van der Waals surface area (Å²) >= 11 is 0. The lowest BCUT2D eigenvalue weighted by Crippen LogP contribution is -2.03. The number of halogens is 1. The minimum absolute atomic E-state index is 0.0181. The molecule has 0 bridgehead atoms. The van der Waals surface area contributed by atoms with Crippen molar-refractivity contribution in [3.05, 3.63) is 41.5 Å².